The van der Waals surface area contributed by atoms with Crippen LogP contribution in [0.1, 0.15) is 61.0 Å². The topological polar surface area (TPSA) is 139 Å². The van der Waals surface area contributed by atoms with Crippen molar-refractivity contribution in [2.45, 2.75) is 44.9 Å². The van der Waals surface area contributed by atoms with E-state index in [2.05, 4.69) is 10.1 Å². The molecule has 1 saturated heterocycles. The number of aromatic nitrogens is 1. The number of carbonyl (C=O) groups excluding carboxylic acids is 1. The maximum absolute atomic E-state index is 13.4. The van der Waals surface area contributed by atoms with Gasteiger partial charge >= 0.3 is 11.9 Å². The fourth-order valence-corrected chi connectivity index (χ4v) is 4.35. The van der Waals surface area contributed by atoms with Crippen molar-refractivity contribution in [3.63, 3.8) is 0 Å². The molecule has 1 fully saturated rings. The molecule has 0 spiro atoms. The minimum absolute atomic E-state index is 0.000894. The largest absolute Gasteiger partial charge is 0.493 e. The molecule has 11 heteroatoms. The van der Waals surface area contributed by atoms with Crippen LogP contribution in [-0.2, 0) is 9.59 Å². The predicted octanol–water partition coefficient (Wildman–Crippen LogP) is 4.76. The Bertz CT molecular complexity index is 1270. The molecule has 1 aliphatic heterocycles. The summed E-state index contributed by atoms with van der Waals surface area (Å²) in [5, 5.41) is 20.9. The van der Waals surface area contributed by atoms with E-state index in [4.69, 9.17) is 24.2 Å². The number of hydrogen-bond donors (Lipinski definition) is 2. The number of fused-ring (bicyclic) bond motifs is 1. The van der Waals surface area contributed by atoms with Crippen molar-refractivity contribution in [1.29, 1.82) is 0 Å². The molecule has 1 aliphatic rings. The van der Waals surface area contributed by atoms with Crippen molar-refractivity contribution in [2.24, 2.45) is 0 Å². The molecule has 1 aromatic heterocycles. The number of carbonyl (C=O) groups is 3. The molecule has 0 radical (unpaired) electrons. The number of carboxylic acids is 2. The molecule has 2 aromatic carbocycles. The van der Waals surface area contributed by atoms with Crippen molar-refractivity contribution in [2.75, 3.05) is 33.4 Å². The number of carboxylic acid groups (broad SMARTS) is 2. The number of likely N-dealkylation sites (tertiary alicyclic amines) is 1. The van der Waals surface area contributed by atoms with E-state index < -0.39 is 11.9 Å². The van der Waals surface area contributed by atoms with Gasteiger partial charge in [0.25, 0.3) is 0 Å². The molecule has 2 heterocycles. The van der Waals surface area contributed by atoms with Gasteiger partial charge in [-0.15, -0.1) is 0 Å². The maximum atomic E-state index is 13.4. The van der Waals surface area contributed by atoms with Gasteiger partial charge in [-0.3, -0.25) is 14.4 Å². The first-order chi connectivity index (χ1) is 18.7. The van der Waals surface area contributed by atoms with Crippen LogP contribution in [0.4, 0.5) is 4.39 Å². The molecule has 0 bridgehead atoms. The van der Waals surface area contributed by atoms with E-state index in [-0.39, 0.29) is 24.4 Å². The molecule has 10 nitrogen and oxygen atoms in total. The van der Waals surface area contributed by atoms with Gasteiger partial charge in [-0.2, -0.15) is 0 Å². The summed E-state index contributed by atoms with van der Waals surface area (Å²) in [6.07, 6.45) is 2.31. The second-order valence-corrected chi connectivity index (χ2v) is 9.24. The first-order valence-corrected chi connectivity index (χ1v) is 12.7. The Morgan fingerprint density at radius 2 is 1.74 bits per heavy atom. The molecule has 0 amide bonds. The number of hydrogen-bond acceptors (Lipinski definition) is 8. The van der Waals surface area contributed by atoms with Gasteiger partial charge in [0.05, 0.1) is 32.3 Å². The predicted molar refractivity (Wildman–Crippen MR) is 140 cm³/mol. The minimum atomic E-state index is -1.08. The van der Waals surface area contributed by atoms with Crippen molar-refractivity contribution >= 4 is 28.7 Å². The summed E-state index contributed by atoms with van der Waals surface area (Å²) in [5.74, 6) is -0.893. The van der Waals surface area contributed by atoms with Crippen LogP contribution in [0, 0.1) is 5.82 Å². The number of methoxy groups -OCH3 is 1. The van der Waals surface area contributed by atoms with E-state index in [0.29, 0.717) is 35.2 Å². The quantitative estimate of drug-likeness (QED) is 0.256. The van der Waals surface area contributed by atoms with Crippen molar-refractivity contribution in [1.82, 2.24) is 10.1 Å². The Balaban J connectivity index is 0.000000459. The first kappa shape index (κ1) is 29.6. The summed E-state index contributed by atoms with van der Waals surface area (Å²) in [6.45, 7) is 5.03. The molecule has 0 unspecified atom stereocenters. The highest BCUT2D eigenvalue weighted by Gasteiger charge is 2.25. The fraction of sp³-hybridized carbons (Fsp3) is 0.429. The standard InChI is InChI=1S/C24H27FN2O4.C4H6O4/c1-16(28)18-4-7-21(23(14-18)29-2)30-13-3-10-27-11-8-17(9-12-27)24-20-6-5-19(25)15-22(20)31-26-24;5-3(6)1-2-4(7)8/h4-7,14-15,17H,3,8-13H2,1-2H3;1-2H2,(H,5,6)(H,7,8). The van der Waals surface area contributed by atoms with Gasteiger partial charge in [-0.05, 0) is 69.6 Å². The van der Waals surface area contributed by atoms with Gasteiger partial charge in [0, 0.05) is 29.5 Å². The zero-order valence-corrected chi connectivity index (χ0v) is 22.0. The minimum Gasteiger partial charge on any atom is -0.493 e. The van der Waals surface area contributed by atoms with Gasteiger partial charge in [-0.1, -0.05) is 5.16 Å². The van der Waals surface area contributed by atoms with Crippen LogP contribution >= 0.6 is 0 Å². The van der Waals surface area contributed by atoms with E-state index in [1.807, 2.05) is 0 Å². The smallest absolute Gasteiger partial charge is 0.303 e. The van der Waals surface area contributed by atoms with Gasteiger partial charge in [0.1, 0.15) is 5.82 Å². The Hall–Kier alpha value is -3.99. The number of rotatable bonds is 11. The zero-order valence-electron chi connectivity index (χ0n) is 22.0. The molecular weight excluding hydrogens is 511 g/mol. The van der Waals surface area contributed by atoms with Crippen LogP contribution < -0.4 is 9.47 Å². The second-order valence-electron chi connectivity index (χ2n) is 9.24. The Kier molecular flexibility index (Phi) is 10.8. The van der Waals surface area contributed by atoms with Gasteiger partial charge in [-0.25, -0.2) is 4.39 Å². The lowest BCUT2D eigenvalue weighted by atomic mass is 9.91. The number of benzene rings is 2. The fourth-order valence-electron chi connectivity index (χ4n) is 4.35. The van der Waals surface area contributed by atoms with Crippen LogP contribution in [0.2, 0.25) is 0 Å². The van der Waals surface area contributed by atoms with Crippen LogP contribution in [0.5, 0.6) is 11.5 Å². The molecule has 0 aliphatic carbocycles. The summed E-state index contributed by atoms with van der Waals surface area (Å²) in [4.78, 5) is 33.2. The average Bonchev–Trinajstić information content (AvgIpc) is 3.33. The summed E-state index contributed by atoms with van der Waals surface area (Å²) >= 11 is 0. The van der Waals surface area contributed by atoms with Crippen molar-refractivity contribution in [3.05, 3.63) is 53.5 Å². The number of Topliss-reactive ketones (excluding diaryl/α,β-unsaturated/α-hetero) is 1. The third-order valence-electron chi connectivity index (χ3n) is 6.44. The summed E-state index contributed by atoms with van der Waals surface area (Å²) < 4.78 is 29.9. The highest BCUT2D eigenvalue weighted by Crippen LogP contribution is 2.33. The van der Waals surface area contributed by atoms with Gasteiger partial charge in [0.2, 0.25) is 0 Å². The highest BCUT2D eigenvalue weighted by atomic mass is 19.1. The molecule has 3 aromatic rings. The molecular formula is C28H33FN2O8. The lowest BCUT2D eigenvalue weighted by Gasteiger charge is -2.31. The molecule has 39 heavy (non-hydrogen) atoms. The number of ether oxygens (including phenoxy) is 2. The average molecular weight is 545 g/mol. The second kappa shape index (κ2) is 14.2. The van der Waals surface area contributed by atoms with Gasteiger partial charge < -0.3 is 29.1 Å². The summed E-state index contributed by atoms with van der Waals surface area (Å²) in [6, 6.07) is 9.87. The van der Waals surface area contributed by atoms with Crippen LogP contribution in [-0.4, -0.2) is 71.3 Å². The molecule has 4 rings (SSSR count). The molecule has 0 atom stereocenters. The van der Waals surface area contributed by atoms with Crippen LogP contribution in [0.25, 0.3) is 11.0 Å². The first-order valence-electron chi connectivity index (χ1n) is 12.7. The van der Waals surface area contributed by atoms with Crippen molar-refractivity contribution < 1.29 is 43.0 Å². The third-order valence-corrected chi connectivity index (χ3v) is 6.44. The SMILES string of the molecule is COc1cc(C(C)=O)ccc1OCCCN1CCC(c2noc3cc(F)ccc23)CC1.O=C(O)CCC(=O)O. The lowest BCUT2D eigenvalue weighted by Crippen LogP contribution is -2.34. The van der Waals surface area contributed by atoms with Crippen LogP contribution in [0.3, 0.4) is 0 Å². The number of piperidine rings is 1. The van der Waals surface area contributed by atoms with E-state index in [1.165, 1.54) is 19.1 Å². The summed E-state index contributed by atoms with van der Waals surface area (Å²) in [5.41, 5.74) is 2.07. The number of nitrogens with zero attached hydrogens (tertiary/aromatic N) is 2. The zero-order chi connectivity index (χ0) is 28.4. The highest BCUT2D eigenvalue weighted by molar-refractivity contribution is 5.94. The van der Waals surface area contributed by atoms with E-state index in [1.54, 1.807) is 31.4 Å². The molecule has 210 valence electrons. The third kappa shape index (κ3) is 8.78. The molecule has 2 N–H and O–H groups in total. The Morgan fingerprint density at radius 1 is 1.05 bits per heavy atom. The van der Waals surface area contributed by atoms with Crippen LogP contribution in [0.15, 0.2) is 40.9 Å². The van der Waals surface area contributed by atoms with E-state index >= 15 is 0 Å². The Labute approximate surface area is 225 Å². The normalized spacial score (nSPS) is 13.9. The number of ketones is 1. The Morgan fingerprint density at radius 3 is 2.36 bits per heavy atom. The molecule has 0 saturated carbocycles. The van der Waals surface area contributed by atoms with E-state index in [9.17, 15) is 18.8 Å². The van der Waals surface area contributed by atoms with E-state index in [0.717, 1.165) is 50.0 Å². The van der Waals surface area contributed by atoms with Gasteiger partial charge in [0.15, 0.2) is 22.9 Å². The lowest BCUT2D eigenvalue weighted by molar-refractivity contribution is -0.143. The number of halogens is 1. The summed E-state index contributed by atoms with van der Waals surface area (Å²) in [7, 11) is 1.57. The maximum Gasteiger partial charge on any atom is 0.303 e. The monoisotopic (exact) mass is 544 g/mol. The number of aliphatic carboxylic acids is 2. The van der Waals surface area contributed by atoms with Crippen molar-refractivity contribution in [3.8, 4) is 11.5 Å².